The van der Waals surface area contributed by atoms with Gasteiger partial charge in [0.15, 0.2) is 0 Å². The van der Waals surface area contributed by atoms with Gasteiger partial charge in [-0.3, -0.25) is 0 Å². The summed E-state index contributed by atoms with van der Waals surface area (Å²) in [5.41, 5.74) is 0.445. The van der Waals surface area contributed by atoms with E-state index in [1.54, 1.807) is 4.90 Å². The largest absolute Gasteiger partial charge is 0.444 e. The van der Waals surface area contributed by atoms with E-state index in [0.29, 0.717) is 13.1 Å². The Morgan fingerprint density at radius 3 is 2.59 bits per heavy atom. The molecular formula is C16H22N4O2. The summed E-state index contributed by atoms with van der Waals surface area (Å²) >= 11 is 0. The van der Waals surface area contributed by atoms with Crippen molar-refractivity contribution in [2.24, 2.45) is 0 Å². The molecule has 1 aliphatic heterocycles. The zero-order chi connectivity index (χ0) is 15.7. The molecule has 3 heterocycles. The molecule has 1 amide bonds. The van der Waals surface area contributed by atoms with Crippen molar-refractivity contribution in [2.75, 3.05) is 31.1 Å². The monoisotopic (exact) mass is 302 g/mol. The summed E-state index contributed by atoms with van der Waals surface area (Å²) in [5, 5.41) is 1.11. The van der Waals surface area contributed by atoms with E-state index in [1.165, 1.54) is 0 Å². The third kappa shape index (κ3) is 3.16. The molecular weight excluding hydrogens is 280 g/mol. The molecule has 0 radical (unpaired) electrons. The molecule has 0 bridgehead atoms. The van der Waals surface area contributed by atoms with Gasteiger partial charge in [0.1, 0.15) is 17.1 Å². The molecule has 1 saturated heterocycles. The number of nitrogens with one attached hydrogen (secondary N) is 1. The highest BCUT2D eigenvalue weighted by Crippen LogP contribution is 2.19. The third-order valence-corrected chi connectivity index (χ3v) is 3.65. The van der Waals surface area contributed by atoms with Crippen LogP contribution in [0.2, 0.25) is 0 Å². The zero-order valence-corrected chi connectivity index (χ0v) is 13.3. The zero-order valence-electron chi connectivity index (χ0n) is 13.3. The van der Waals surface area contributed by atoms with Gasteiger partial charge in [0, 0.05) is 37.8 Å². The number of hydrogen-bond acceptors (Lipinski definition) is 4. The summed E-state index contributed by atoms with van der Waals surface area (Å²) in [6, 6.07) is 6.10. The maximum absolute atomic E-state index is 12.1. The van der Waals surface area contributed by atoms with E-state index in [0.717, 1.165) is 29.9 Å². The van der Waals surface area contributed by atoms with Crippen molar-refractivity contribution in [3.63, 3.8) is 0 Å². The average molecular weight is 302 g/mol. The van der Waals surface area contributed by atoms with Crippen molar-refractivity contribution < 1.29 is 9.53 Å². The SMILES string of the molecule is CC(C)(C)OC(=O)N1CCN(c2ccc3cc[nH]c3n2)CC1. The van der Waals surface area contributed by atoms with Crippen LogP contribution in [0.1, 0.15) is 20.8 Å². The van der Waals surface area contributed by atoms with Crippen molar-refractivity contribution in [3.8, 4) is 0 Å². The van der Waals surface area contributed by atoms with E-state index in [4.69, 9.17) is 4.74 Å². The van der Waals surface area contributed by atoms with Crippen LogP contribution in [-0.2, 0) is 4.74 Å². The van der Waals surface area contributed by atoms with Crippen LogP contribution in [-0.4, -0.2) is 52.7 Å². The number of hydrogen-bond donors (Lipinski definition) is 1. The van der Waals surface area contributed by atoms with Crippen LogP contribution >= 0.6 is 0 Å². The van der Waals surface area contributed by atoms with Gasteiger partial charge < -0.3 is 19.5 Å². The second-order valence-corrected chi connectivity index (χ2v) is 6.54. The van der Waals surface area contributed by atoms with Gasteiger partial charge in [0.05, 0.1) is 0 Å². The summed E-state index contributed by atoms with van der Waals surface area (Å²) in [7, 11) is 0. The predicted octanol–water partition coefficient (Wildman–Crippen LogP) is 2.62. The van der Waals surface area contributed by atoms with Crippen LogP contribution < -0.4 is 4.90 Å². The van der Waals surface area contributed by atoms with Crippen molar-refractivity contribution in [3.05, 3.63) is 24.4 Å². The van der Waals surface area contributed by atoms with E-state index >= 15 is 0 Å². The van der Waals surface area contributed by atoms with Crippen LogP contribution in [0.25, 0.3) is 11.0 Å². The lowest BCUT2D eigenvalue weighted by molar-refractivity contribution is 0.0240. The Balaban J connectivity index is 1.62. The normalized spacial score (nSPS) is 16.1. The lowest BCUT2D eigenvalue weighted by atomic mass is 10.2. The molecule has 6 nitrogen and oxygen atoms in total. The predicted molar refractivity (Wildman–Crippen MR) is 86.1 cm³/mol. The van der Waals surface area contributed by atoms with Gasteiger partial charge >= 0.3 is 6.09 Å². The summed E-state index contributed by atoms with van der Waals surface area (Å²) in [6.07, 6.45) is 1.65. The minimum atomic E-state index is -0.450. The Kier molecular flexibility index (Phi) is 3.68. The molecule has 2 aromatic rings. The quantitative estimate of drug-likeness (QED) is 0.879. The molecule has 0 aromatic carbocycles. The van der Waals surface area contributed by atoms with E-state index in [9.17, 15) is 4.79 Å². The summed E-state index contributed by atoms with van der Waals surface area (Å²) < 4.78 is 5.41. The Morgan fingerprint density at radius 1 is 1.18 bits per heavy atom. The molecule has 3 rings (SSSR count). The van der Waals surface area contributed by atoms with Gasteiger partial charge in [-0.15, -0.1) is 0 Å². The Morgan fingerprint density at radius 2 is 1.91 bits per heavy atom. The fourth-order valence-electron chi connectivity index (χ4n) is 2.54. The van der Waals surface area contributed by atoms with Crippen molar-refractivity contribution in [1.29, 1.82) is 0 Å². The Labute approximate surface area is 130 Å². The van der Waals surface area contributed by atoms with E-state index in [2.05, 4.69) is 20.9 Å². The van der Waals surface area contributed by atoms with Crippen molar-refractivity contribution >= 4 is 22.9 Å². The number of nitrogens with zero attached hydrogens (tertiary/aromatic N) is 3. The first kappa shape index (κ1) is 14.7. The second kappa shape index (κ2) is 5.51. The minimum absolute atomic E-state index is 0.236. The first-order valence-electron chi connectivity index (χ1n) is 7.59. The van der Waals surface area contributed by atoms with Crippen LogP contribution in [0, 0.1) is 0 Å². The first-order valence-corrected chi connectivity index (χ1v) is 7.59. The summed E-state index contributed by atoms with van der Waals surface area (Å²) in [5.74, 6) is 0.943. The van der Waals surface area contributed by atoms with Gasteiger partial charge in [-0.1, -0.05) is 0 Å². The Bertz CT molecular complexity index is 666. The molecule has 0 spiro atoms. The standard InChI is InChI=1S/C16H22N4O2/c1-16(2,3)22-15(21)20-10-8-19(9-11-20)13-5-4-12-6-7-17-14(12)18-13/h4-7H,8-11H2,1-3H3,(H,17,18). The third-order valence-electron chi connectivity index (χ3n) is 3.65. The van der Waals surface area contributed by atoms with Crippen LogP contribution in [0.4, 0.5) is 10.6 Å². The number of aromatic amines is 1. The van der Waals surface area contributed by atoms with Gasteiger partial charge in [-0.25, -0.2) is 9.78 Å². The lowest BCUT2D eigenvalue weighted by Crippen LogP contribution is -2.50. The van der Waals surface area contributed by atoms with Crippen molar-refractivity contribution in [1.82, 2.24) is 14.9 Å². The molecule has 118 valence electrons. The summed E-state index contributed by atoms with van der Waals surface area (Å²) in [6.45, 7) is 8.49. The molecule has 22 heavy (non-hydrogen) atoms. The fourth-order valence-corrected chi connectivity index (χ4v) is 2.54. The molecule has 2 aromatic heterocycles. The van der Waals surface area contributed by atoms with E-state index in [1.807, 2.05) is 39.1 Å². The number of anilines is 1. The van der Waals surface area contributed by atoms with Crippen molar-refractivity contribution in [2.45, 2.75) is 26.4 Å². The fraction of sp³-hybridized carbons (Fsp3) is 0.500. The maximum Gasteiger partial charge on any atom is 0.410 e. The number of carbonyl (C=O) groups excluding carboxylic acids is 1. The van der Waals surface area contributed by atoms with Crippen LogP contribution in [0.3, 0.4) is 0 Å². The highest BCUT2D eigenvalue weighted by atomic mass is 16.6. The topological polar surface area (TPSA) is 61.5 Å². The number of rotatable bonds is 1. The van der Waals surface area contributed by atoms with Gasteiger partial charge in [-0.05, 0) is 39.0 Å². The van der Waals surface area contributed by atoms with Gasteiger partial charge in [0.25, 0.3) is 0 Å². The van der Waals surface area contributed by atoms with Gasteiger partial charge in [-0.2, -0.15) is 0 Å². The minimum Gasteiger partial charge on any atom is -0.444 e. The Hall–Kier alpha value is -2.24. The molecule has 0 saturated carbocycles. The van der Waals surface area contributed by atoms with E-state index < -0.39 is 5.60 Å². The molecule has 0 atom stereocenters. The molecule has 1 fully saturated rings. The number of piperazine rings is 1. The number of pyridine rings is 1. The second-order valence-electron chi connectivity index (χ2n) is 6.54. The molecule has 1 N–H and O–H groups in total. The van der Waals surface area contributed by atoms with Crippen LogP contribution in [0.5, 0.6) is 0 Å². The highest BCUT2D eigenvalue weighted by Gasteiger charge is 2.26. The number of amides is 1. The number of H-pyrrole nitrogens is 1. The highest BCUT2D eigenvalue weighted by molar-refractivity contribution is 5.77. The smallest absolute Gasteiger partial charge is 0.410 e. The number of fused-ring (bicyclic) bond motifs is 1. The summed E-state index contributed by atoms with van der Waals surface area (Å²) in [4.78, 5) is 23.8. The number of aromatic nitrogens is 2. The van der Waals surface area contributed by atoms with E-state index in [-0.39, 0.29) is 6.09 Å². The van der Waals surface area contributed by atoms with Gasteiger partial charge in [0.2, 0.25) is 0 Å². The van der Waals surface area contributed by atoms with Crippen LogP contribution in [0.15, 0.2) is 24.4 Å². The lowest BCUT2D eigenvalue weighted by Gasteiger charge is -2.36. The maximum atomic E-state index is 12.1. The molecule has 1 aliphatic rings. The average Bonchev–Trinajstić information content (AvgIpc) is 2.93. The number of ether oxygens (including phenoxy) is 1. The molecule has 0 aliphatic carbocycles. The molecule has 0 unspecified atom stereocenters. The number of carbonyl (C=O) groups is 1. The first-order chi connectivity index (χ1) is 10.4. The molecule has 6 heteroatoms.